The quantitative estimate of drug-likeness (QED) is 0.533. The van der Waals surface area contributed by atoms with Crippen LogP contribution in [0.2, 0.25) is 5.02 Å². The molecule has 0 spiro atoms. The first-order valence-electron chi connectivity index (χ1n) is 7.51. The van der Waals surface area contributed by atoms with Gasteiger partial charge in [-0.05, 0) is 49.1 Å². The first-order chi connectivity index (χ1) is 9.44. The maximum atomic E-state index is 14.0. The highest BCUT2D eigenvalue weighted by atomic mass is 79.9. The van der Waals surface area contributed by atoms with Gasteiger partial charge in [0.05, 0.1) is 0 Å². The molecule has 0 aliphatic heterocycles. The molecule has 1 atom stereocenters. The van der Waals surface area contributed by atoms with E-state index in [1.807, 2.05) is 0 Å². The van der Waals surface area contributed by atoms with Crippen molar-refractivity contribution in [3.8, 4) is 0 Å². The Kier molecular flexibility index (Phi) is 5.53. The van der Waals surface area contributed by atoms with Gasteiger partial charge in [-0.25, -0.2) is 4.39 Å². The number of alkyl halides is 1. The first kappa shape index (κ1) is 16.3. The van der Waals surface area contributed by atoms with Crippen LogP contribution in [0.3, 0.4) is 0 Å². The first-order valence-corrected chi connectivity index (χ1v) is 8.81. The summed E-state index contributed by atoms with van der Waals surface area (Å²) in [6.07, 6.45) is 6.95. The number of halogens is 3. The van der Waals surface area contributed by atoms with E-state index in [1.165, 1.54) is 38.2 Å². The monoisotopic (exact) mass is 360 g/mol. The van der Waals surface area contributed by atoms with Crippen LogP contribution in [0.5, 0.6) is 0 Å². The molecule has 3 heteroatoms. The Morgan fingerprint density at radius 1 is 1.30 bits per heavy atom. The van der Waals surface area contributed by atoms with Crippen LogP contribution in [0.25, 0.3) is 0 Å². The predicted molar refractivity (Wildman–Crippen MR) is 88.2 cm³/mol. The molecule has 1 unspecified atom stereocenters. The molecule has 1 aromatic rings. The van der Waals surface area contributed by atoms with E-state index in [1.54, 1.807) is 12.1 Å². The van der Waals surface area contributed by atoms with Crippen LogP contribution < -0.4 is 0 Å². The molecular formula is C17H23BrClF. The van der Waals surface area contributed by atoms with Crippen molar-refractivity contribution < 1.29 is 4.39 Å². The van der Waals surface area contributed by atoms with Crippen LogP contribution in [0.15, 0.2) is 18.2 Å². The predicted octanol–water partition coefficient (Wildman–Crippen LogP) is 6.39. The van der Waals surface area contributed by atoms with Crippen LogP contribution in [-0.4, -0.2) is 4.83 Å². The number of rotatable bonds is 5. The second kappa shape index (κ2) is 6.79. The molecule has 0 heterocycles. The second-order valence-corrected chi connectivity index (χ2v) is 8.05. The molecule has 20 heavy (non-hydrogen) atoms. The Labute approximate surface area is 135 Å². The third kappa shape index (κ3) is 3.57. The van der Waals surface area contributed by atoms with Gasteiger partial charge in [0.2, 0.25) is 0 Å². The summed E-state index contributed by atoms with van der Waals surface area (Å²) in [5, 5.41) is 0.548. The zero-order chi connectivity index (χ0) is 14.8. The van der Waals surface area contributed by atoms with Gasteiger partial charge in [-0.2, -0.15) is 0 Å². The number of hydrogen-bond donors (Lipinski definition) is 0. The van der Waals surface area contributed by atoms with Crippen molar-refractivity contribution in [1.29, 1.82) is 0 Å². The van der Waals surface area contributed by atoms with Crippen molar-refractivity contribution in [1.82, 2.24) is 0 Å². The van der Waals surface area contributed by atoms with Crippen molar-refractivity contribution in [3.05, 3.63) is 34.6 Å². The summed E-state index contributed by atoms with van der Waals surface area (Å²) in [5.41, 5.74) is 0.964. The highest BCUT2D eigenvalue weighted by Crippen LogP contribution is 2.49. The Morgan fingerprint density at radius 3 is 2.50 bits per heavy atom. The molecule has 1 aliphatic rings. The van der Waals surface area contributed by atoms with E-state index >= 15 is 0 Å². The van der Waals surface area contributed by atoms with Crippen molar-refractivity contribution in [3.63, 3.8) is 0 Å². The third-order valence-corrected chi connectivity index (χ3v) is 6.17. The maximum Gasteiger partial charge on any atom is 0.127 e. The summed E-state index contributed by atoms with van der Waals surface area (Å²) in [6, 6.07) is 4.96. The topological polar surface area (TPSA) is 0 Å². The van der Waals surface area contributed by atoms with Gasteiger partial charge in [0.25, 0.3) is 0 Å². The number of benzene rings is 1. The average molecular weight is 362 g/mol. The molecule has 112 valence electrons. The zero-order valence-corrected chi connectivity index (χ0v) is 14.6. The average Bonchev–Trinajstić information content (AvgIpc) is 2.82. The van der Waals surface area contributed by atoms with Crippen molar-refractivity contribution in [2.75, 3.05) is 0 Å². The smallest absolute Gasteiger partial charge is 0.127 e. The summed E-state index contributed by atoms with van der Waals surface area (Å²) in [6.45, 7) is 4.55. The second-order valence-electron chi connectivity index (χ2n) is 6.54. The SMILES string of the molecule is CC(C)CC1(C(Br)Cc2c(F)cccc2Cl)CCCC1. The number of hydrogen-bond acceptors (Lipinski definition) is 0. The van der Waals surface area contributed by atoms with Crippen LogP contribution >= 0.6 is 27.5 Å². The minimum Gasteiger partial charge on any atom is -0.207 e. The largest absolute Gasteiger partial charge is 0.207 e. The van der Waals surface area contributed by atoms with Crippen LogP contribution in [0.4, 0.5) is 4.39 Å². The fraction of sp³-hybridized carbons (Fsp3) is 0.647. The van der Waals surface area contributed by atoms with Crippen LogP contribution in [0.1, 0.15) is 51.5 Å². The Bertz CT molecular complexity index is 432. The summed E-state index contributed by atoms with van der Waals surface area (Å²) in [7, 11) is 0. The lowest BCUT2D eigenvalue weighted by molar-refractivity contribution is 0.227. The van der Waals surface area contributed by atoms with Crippen molar-refractivity contribution in [2.45, 2.75) is 57.2 Å². The molecule has 0 bridgehead atoms. The molecule has 1 aromatic carbocycles. The summed E-state index contributed by atoms with van der Waals surface area (Å²) in [4.78, 5) is 0.300. The van der Waals surface area contributed by atoms with E-state index in [-0.39, 0.29) is 5.82 Å². The summed E-state index contributed by atoms with van der Waals surface area (Å²) >= 11 is 10.0. The van der Waals surface area contributed by atoms with Crippen molar-refractivity contribution in [2.24, 2.45) is 11.3 Å². The molecule has 1 saturated carbocycles. The van der Waals surface area contributed by atoms with Crippen molar-refractivity contribution >= 4 is 27.5 Å². The van der Waals surface area contributed by atoms with Gasteiger partial charge in [-0.15, -0.1) is 0 Å². The van der Waals surface area contributed by atoms with E-state index in [9.17, 15) is 4.39 Å². The molecule has 0 amide bonds. The lowest BCUT2D eigenvalue weighted by atomic mass is 9.74. The summed E-state index contributed by atoms with van der Waals surface area (Å²) in [5.74, 6) is 0.490. The molecule has 0 aromatic heterocycles. The minimum atomic E-state index is -0.181. The van der Waals surface area contributed by atoms with Gasteiger partial charge in [-0.1, -0.05) is 60.3 Å². The van der Waals surface area contributed by atoms with E-state index in [4.69, 9.17) is 11.6 Å². The Morgan fingerprint density at radius 2 is 1.95 bits per heavy atom. The van der Waals surface area contributed by atoms with Gasteiger partial charge in [0.15, 0.2) is 0 Å². The van der Waals surface area contributed by atoms with Gasteiger partial charge in [0.1, 0.15) is 5.82 Å². The normalized spacial score (nSPS) is 19.5. The van der Waals surface area contributed by atoms with E-state index in [0.717, 1.165) is 0 Å². The molecular weight excluding hydrogens is 339 g/mol. The highest BCUT2D eigenvalue weighted by Gasteiger charge is 2.40. The minimum absolute atomic E-state index is 0.181. The highest BCUT2D eigenvalue weighted by molar-refractivity contribution is 9.09. The fourth-order valence-corrected chi connectivity index (χ4v) is 4.87. The lowest BCUT2D eigenvalue weighted by Crippen LogP contribution is -2.31. The molecule has 0 saturated heterocycles. The molecule has 1 fully saturated rings. The van der Waals surface area contributed by atoms with E-state index in [2.05, 4.69) is 29.8 Å². The maximum absolute atomic E-state index is 14.0. The fourth-order valence-electron chi connectivity index (χ4n) is 3.66. The Hall–Kier alpha value is -0.0800. The zero-order valence-electron chi connectivity index (χ0n) is 12.3. The van der Waals surface area contributed by atoms with Gasteiger partial charge in [-0.3, -0.25) is 0 Å². The third-order valence-electron chi connectivity index (χ3n) is 4.52. The molecule has 2 rings (SSSR count). The molecule has 1 aliphatic carbocycles. The Balaban J connectivity index is 2.19. The molecule has 0 radical (unpaired) electrons. The summed E-state index contributed by atoms with van der Waals surface area (Å²) < 4.78 is 14.0. The van der Waals surface area contributed by atoms with Crippen LogP contribution in [0, 0.1) is 17.2 Å². The van der Waals surface area contributed by atoms with Gasteiger partial charge < -0.3 is 0 Å². The molecule has 0 N–H and O–H groups in total. The van der Waals surface area contributed by atoms with Gasteiger partial charge in [0, 0.05) is 15.4 Å². The van der Waals surface area contributed by atoms with Gasteiger partial charge >= 0.3 is 0 Å². The van der Waals surface area contributed by atoms with E-state index in [0.29, 0.717) is 33.2 Å². The molecule has 0 nitrogen and oxygen atoms in total. The van der Waals surface area contributed by atoms with E-state index < -0.39 is 0 Å². The lowest BCUT2D eigenvalue weighted by Gasteiger charge is -2.36. The van der Waals surface area contributed by atoms with Crippen LogP contribution in [-0.2, 0) is 6.42 Å². The standard InChI is InChI=1S/C17H23BrClF/c1-12(2)11-17(8-3-4-9-17)16(18)10-13-14(19)6-5-7-15(13)20/h5-7,12,16H,3-4,8-11H2,1-2H3.